The van der Waals surface area contributed by atoms with Gasteiger partial charge in [-0.15, -0.1) is 0 Å². The Morgan fingerprint density at radius 3 is 2.61 bits per heavy atom. The normalized spacial score (nSPS) is 9.94. The lowest BCUT2D eigenvalue weighted by molar-refractivity contribution is -0.115. The molecule has 0 heterocycles. The highest BCUT2D eigenvalue weighted by molar-refractivity contribution is 9.09. The molecular formula is C13H15BrO4. The Balaban J connectivity index is 2.96. The van der Waals surface area contributed by atoms with Gasteiger partial charge >= 0.3 is 5.97 Å². The molecule has 0 saturated carbocycles. The maximum absolute atomic E-state index is 11.6. The zero-order chi connectivity index (χ0) is 13.5. The molecule has 0 saturated heterocycles. The molecule has 1 rings (SSSR count). The van der Waals surface area contributed by atoms with Crippen molar-refractivity contribution in [2.75, 3.05) is 19.0 Å². The Labute approximate surface area is 114 Å². The van der Waals surface area contributed by atoms with Crippen LogP contribution in [0.2, 0.25) is 0 Å². The van der Waals surface area contributed by atoms with E-state index in [0.717, 1.165) is 5.56 Å². The molecule has 1 aromatic carbocycles. The second kappa shape index (κ2) is 7.16. The third-order valence-corrected chi connectivity index (χ3v) is 2.94. The third-order valence-electron chi connectivity index (χ3n) is 2.31. The van der Waals surface area contributed by atoms with Gasteiger partial charge in [0.1, 0.15) is 17.1 Å². The molecule has 0 N–H and O–H groups in total. The van der Waals surface area contributed by atoms with E-state index in [1.165, 1.54) is 7.11 Å². The van der Waals surface area contributed by atoms with Crippen LogP contribution in [-0.4, -0.2) is 30.8 Å². The van der Waals surface area contributed by atoms with Crippen molar-refractivity contribution < 1.29 is 19.1 Å². The minimum absolute atomic E-state index is 0.0703. The number of carbonyl (C=O) groups excluding carboxylic acids is 2. The molecule has 0 unspecified atom stereocenters. The van der Waals surface area contributed by atoms with Crippen molar-refractivity contribution in [2.45, 2.75) is 13.3 Å². The van der Waals surface area contributed by atoms with Gasteiger partial charge in [-0.05, 0) is 24.6 Å². The summed E-state index contributed by atoms with van der Waals surface area (Å²) in [5.41, 5.74) is 1.18. The van der Waals surface area contributed by atoms with Crippen LogP contribution >= 0.6 is 15.9 Å². The lowest BCUT2D eigenvalue weighted by Crippen LogP contribution is -2.08. The van der Waals surface area contributed by atoms with Gasteiger partial charge in [0.2, 0.25) is 0 Å². The van der Waals surface area contributed by atoms with E-state index in [0.29, 0.717) is 29.7 Å². The maximum atomic E-state index is 11.6. The second-order valence-corrected chi connectivity index (χ2v) is 4.16. The van der Waals surface area contributed by atoms with Crippen LogP contribution in [0.15, 0.2) is 18.2 Å². The predicted molar refractivity (Wildman–Crippen MR) is 71.5 cm³/mol. The van der Waals surface area contributed by atoms with E-state index in [1.807, 2.05) is 0 Å². The lowest BCUT2D eigenvalue weighted by atomic mass is 10.1. The summed E-state index contributed by atoms with van der Waals surface area (Å²) in [5, 5.41) is 0.314. The Kier molecular flexibility index (Phi) is 5.85. The van der Waals surface area contributed by atoms with Crippen LogP contribution in [0.4, 0.5) is 0 Å². The number of methoxy groups -OCH3 is 1. The number of ether oxygens (including phenoxy) is 2. The van der Waals surface area contributed by atoms with Gasteiger partial charge in [0.15, 0.2) is 0 Å². The van der Waals surface area contributed by atoms with Gasteiger partial charge in [-0.3, -0.25) is 4.79 Å². The van der Waals surface area contributed by atoms with Crippen molar-refractivity contribution in [3.8, 4) is 5.75 Å². The Hall–Kier alpha value is -1.36. The molecule has 5 heteroatoms. The summed E-state index contributed by atoms with van der Waals surface area (Å²) < 4.78 is 10.1. The molecule has 18 heavy (non-hydrogen) atoms. The van der Waals surface area contributed by atoms with Crippen molar-refractivity contribution in [2.24, 2.45) is 0 Å². The number of hydrogen-bond acceptors (Lipinski definition) is 4. The summed E-state index contributed by atoms with van der Waals surface area (Å²) in [6, 6.07) is 5.04. The number of carbonyl (C=O) groups is 2. The van der Waals surface area contributed by atoms with Crippen molar-refractivity contribution in [1.29, 1.82) is 0 Å². The van der Waals surface area contributed by atoms with E-state index in [1.54, 1.807) is 25.1 Å². The van der Waals surface area contributed by atoms with Crippen molar-refractivity contribution >= 4 is 27.7 Å². The number of rotatable bonds is 6. The Bertz CT molecular complexity index is 443. The van der Waals surface area contributed by atoms with E-state index in [2.05, 4.69) is 15.9 Å². The average Bonchev–Trinajstić information content (AvgIpc) is 2.38. The van der Waals surface area contributed by atoms with Gasteiger partial charge in [0, 0.05) is 6.42 Å². The fourth-order valence-corrected chi connectivity index (χ4v) is 1.70. The number of halogens is 1. The van der Waals surface area contributed by atoms with Crippen LogP contribution in [-0.2, 0) is 16.0 Å². The van der Waals surface area contributed by atoms with E-state index < -0.39 is 5.97 Å². The zero-order valence-electron chi connectivity index (χ0n) is 10.4. The summed E-state index contributed by atoms with van der Waals surface area (Å²) in [6.45, 7) is 2.05. The molecule has 4 nitrogen and oxygen atoms in total. The number of ketones is 1. The number of Topliss-reactive ketones (excluding diaryl/α,β-unsaturated/α-hetero) is 1. The predicted octanol–water partition coefficient (Wildman–Crippen LogP) is 2.38. The molecule has 0 radical (unpaired) electrons. The van der Waals surface area contributed by atoms with Crippen molar-refractivity contribution in [3.63, 3.8) is 0 Å². The number of alkyl halides is 1. The second-order valence-electron chi connectivity index (χ2n) is 3.60. The van der Waals surface area contributed by atoms with Gasteiger partial charge in [0.05, 0.1) is 19.0 Å². The molecular weight excluding hydrogens is 300 g/mol. The van der Waals surface area contributed by atoms with E-state index in [4.69, 9.17) is 9.47 Å². The highest BCUT2D eigenvalue weighted by atomic mass is 79.9. The van der Waals surface area contributed by atoms with E-state index >= 15 is 0 Å². The van der Waals surface area contributed by atoms with Gasteiger partial charge < -0.3 is 9.47 Å². The molecule has 0 amide bonds. The maximum Gasteiger partial charge on any atom is 0.341 e. The van der Waals surface area contributed by atoms with Crippen LogP contribution in [0.1, 0.15) is 22.8 Å². The third kappa shape index (κ3) is 3.84. The highest BCUT2D eigenvalue weighted by Gasteiger charge is 2.14. The first-order valence-corrected chi connectivity index (χ1v) is 6.66. The molecule has 0 atom stereocenters. The largest absolute Gasteiger partial charge is 0.496 e. The first kappa shape index (κ1) is 14.7. The fraction of sp³-hybridized carbons (Fsp3) is 0.385. The first-order chi connectivity index (χ1) is 8.62. The summed E-state index contributed by atoms with van der Waals surface area (Å²) in [4.78, 5) is 23.0. The monoisotopic (exact) mass is 314 g/mol. The summed E-state index contributed by atoms with van der Waals surface area (Å²) in [5.74, 6) is 0.0713. The van der Waals surface area contributed by atoms with E-state index in [9.17, 15) is 9.59 Å². The molecule has 0 spiro atoms. The van der Waals surface area contributed by atoms with Crippen LogP contribution in [0.3, 0.4) is 0 Å². The number of benzene rings is 1. The highest BCUT2D eigenvalue weighted by Crippen LogP contribution is 2.21. The fourth-order valence-electron chi connectivity index (χ4n) is 1.50. The molecule has 0 aliphatic carbocycles. The number of hydrogen-bond donors (Lipinski definition) is 0. The molecule has 98 valence electrons. The molecule has 0 aliphatic heterocycles. The van der Waals surface area contributed by atoms with Crippen molar-refractivity contribution in [1.82, 2.24) is 0 Å². The van der Waals surface area contributed by atoms with Gasteiger partial charge in [-0.25, -0.2) is 4.79 Å². The minimum atomic E-state index is -0.423. The SMILES string of the molecule is CCOC(=O)c1ccc(CC(=O)CBr)cc1OC. The lowest BCUT2D eigenvalue weighted by Gasteiger charge is -2.09. The zero-order valence-corrected chi connectivity index (χ0v) is 12.0. The minimum Gasteiger partial charge on any atom is -0.496 e. The van der Waals surface area contributed by atoms with Gasteiger partial charge in [-0.2, -0.15) is 0 Å². The van der Waals surface area contributed by atoms with Crippen LogP contribution < -0.4 is 4.74 Å². The van der Waals surface area contributed by atoms with E-state index in [-0.39, 0.29) is 5.78 Å². The first-order valence-electron chi connectivity index (χ1n) is 5.54. The van der Waals surface area contributed by atoms with Crippen LogP contribution in [0.25, 0.3) is 0 Å². The topological polar surface area (TPSA) is 52.6 Å². The standard InChI is InChI=1S/C13H15BrO4/c1-3-18-13(16)11-5-4-9(6-10(15)8-14)7-12(11)17-2/h4-5,7H,3,6,8H2,1-2H3. The Morgan fingerprint density at radius 1 is 1.33 bits per heavy atom. The molecule has 0 bridgehead atoms. The molecule has 1 aromatic rings. The smallest absolute Gasteiger partial charge is 0.341 e. The summed E-state index contributed by atoms with van der Waals surface area (Å²) >= 11 is 3.11. The summed E-state index contributed by atoms with van der Waals surface area (Å²) in [7, 11) is 1.48. The van der Waals surface area contributed by atoms with Gasteiger partial charge in [0.25, 0.3) is 0 Å². The number of esters is 1. The Morgan fingerprint density at radius 2 is 2.06 bits per heavy atom. The van der Waals surface area contributed by atoms with Crippen molar-refractivity contribution in [3.05, 3.63) is 29.3 Å². The van der Waals surface area contributed by atoms with Crippen LogP contribution in [0, 0.1) is 0 Å². The molecule has 0 aromatic heterocycles. The average molecular weight is 315 g/mol. The molecule has 0 fully saturated rings. The quantitative estimate of drug-likeness (QED) is 0.597. The molecule has 0 aliphatic rings. The van der Waals surface area contributed by atoms with Crippen LogP contribution in [0.5, 0.6) is 5.75 Å². The summed E-state index contributed by atoms with van der Waals surface area (Å²) in [6.07, 6.45) is 0.310. The van der Waals surface area contributed by atoms with Gasteiger partial charge in [-0.1, -0.05) is 22.0 Å².